The number of rotatable bonds is 5. The van der Waals surface area contributed by atoms with Crippen LogP contribution >= 0.6 is 0 Å². The van der Waals surface area contributed by atoms with Gasteiger partial charge in [0.15, 0.2) is 0 Å². The van der Waals surface area contributed by atoms with Crippen LogP contribution in [0.3, 0.4) is 0 Å². The summed E-state index contributed by atoms with van der Waals surface area (Å²) in [6.07, 6.45) is 2.13. The maximum atomic E-state index is 12.4. The zero-order valence-corrected chi connectivity index (χ0v) is 12.7. The highest BCUT2D eigenvalue weighted by Crippen LogP contribution is 2.14. The van der Waals surface area contributed by atoms with E-state index in [9.17, 15) is 4.79 Å². The maximum absolute atomic E-state index is 12.4. The Morgan fingerprint density at radius 2 is 2.00 bits per heavy atom. The number of aromatic nitrogens is 1. The quantitative estimate of drug-likeness (QED) is 0.916. The standard InChI is InChI=1S/C17H18N4O/c1-21(2)17(22)15(11-13-7-4-3-5-8-13)20-16-14(12-18)9-6-10-19-16/h3-10,15H,11H2,1-2H3,(H,19,20). The largest absolute Gasteiger partial charge is 0.357 e. The number of nitrogens with zero attached hydrogens (tertiary/aromatic N) is 3. The lowest BCUT2D eigenvalue weighted by Crippen LogP contribution is -2.40. The third-order valence-corrected chi connectivity index (χ3v) is 3.26. The molecule has 1 aromatic heterocycles. The van der Waals surface area contributed by atoms with Crippen molar-refractivity contribution in [1.82, 2.24) is 9.88 Å². The van der Waals surface area contributed by atoms with Crippen molar-refractivity contribution in [2.45, 2.75) is 12.5 Å². The van der Waals surface area contributed by atoms with Gasteiger partial charge in [0.1, 0.15) is 17.9 Å². The first kappa shape index (κ1) is 15.5. The summed E-state index contributed by atoms with van der Waals surface area (Å²) in [4.78, 5) is 18.1. The third kappa shape index (κ3) is 3.83. The van der Waals surface area contributed by atoms with Crippen LogP contribution in [-0.2, 0) is 11.2 Å². The fourth-order valence-corrected chi connectivity index (χ4v) is 2.14. The summed E-state index contributed by atoms with van der Waals surface area (Å²) < 4.78 is 0. The monoisotopic (exact) mass is 294 g/mol. The molecule has 0 aliphatic carbocycles. The number of nitriles is 1. The van der Waals surface area contributed by atoms with Gasteiger partial charge < -0.3 is 10.2 Å². The van der Waals surface area contributed by atoms with Crippen LogP contribution in [0.1, 0.15) is 11.1 Å². The Bertz CT molecular complexity index is 677. The number of benzene rings is 1. The van der Waals surface area contributed by atoms with Gasteiger partial charge in [-0.05, 0) is 17.7 Å². The summed E-state index contributed by atoms with van der Waals surface area (Å²) in [5.41, 5.74) is 1.47. The second-order valence-corrected chi connectivity index (χ2v) is 5.13. The normalized spacial score (nSPS) is 11.3. The van der Waals surface area contributed by atoms with Crippen LogP contribution in [-0.4, -0.2) is 35.9 Å². The van der Waals surface area contributed by atoms with Gasteiger partial charge in [0, 0.05) is 26.7 Å². The van der Waals surface area contributed by atoms with E-state index in [1.165, 1.54) is 4.90 Å². The first-order valence-electron chi connectivity index (χ1n) is 6.98. The van der Waals surface area contributed by atoms with E-state index in [1.807, 2.05) is 30.3 Å². The number of likely N-dealkylation sites (N-methyl/N-ethyl adjacent to an activating group) is 1. The molecule has 0 saturated heterocycles. The van der Waals surface area contributed by atoms with Crippen molar-refractivity contribution >= 4 is 11.7 Å². The van der Waals surface area contributed by atoms with Gasteiger partial charge in [0.2, 0.25) is 5.91 Å². The van der Waals surface area contributed by atoms with Crippen molar-refractivity contribution in [3.63, 3.8) is 0 Å². The summed E-state index contributed by atoms with van der Waals surface area (Å²) in [6, 6.07) is 14.7. The van der Waals surface area contributed by atoms with Crippen LogP contribution in [0.5, 0.6) is 0 Å². The van der Waals surface area contributed by atoms with Gasteiger partial charge in [0.25, 0.3) is 0 Å². The predicted molar refractivity (Wildman–Crippen MR) is 85.2 cm³/mol. The molecule has 5 nitrogen and oxygen atoms in total. The molecular formula is C17H18N4O. The smallest absolute Gasteiger partial charge is 0.244 e. The predicted octanol–water partition coefficient (Wildman–Crippen LogP) is 2.06. The second kappa shape index (κ2) is 7.23. The molecule has 2 aromatic rings. The van der Waals surface area contributed by atoms with Gasteiger partial charge in [-0.2, -0.15) is 5.26 Å². The van der Waals surface area contributed by atoms with Crippen molar-refractivity contribution in [1.29, 1.82) is 5.26 Å². The first-order chi connectivity index (χ1) is 10.6. The van der Waals surface area contributed by atoms with Crippen LogP contribution in [0.25, 0.3) is 0 Å². The van der Waals surface area contributed by atoms with Crippen molar-refractivity contribution in [2.24, 2.45) is 0 Å². The number of amides is 1. The number of carbonyl (C=O) groups is 1. The summed E-state index contributed by atoms with van der Waals surface area (Å²) >= 11 is 0. The van der Waals surface area contributed by atoms with Gasteiger partial charge in [0.05, 0.1) is 5.56 Å². The maximum Gasteiger partial charge on any atom is 0.244 e. The SMILES string of the molecule is CN(C)C(=O)C(Cc1ccccc1)Nc1ncccc1C#N. The molecule has 1 unspecified atom stereocenters. The van der Waals surface area contributed by atoms with E-state index in [4.69, 9.17) is 5.26 Å². The molecule has 0 aliphatic rings. The molecule has 0 aliphatic heterocycles. The number of anilines is 1. The third-order valence-electron chi connectivity index (χ3n) is 3.26. The van der Waals surface area contributed by atoms with Crippen molar-refractivity contribution in [3.8, 4) is 6.07 Å². The van der Waals surface area contributed by atoms with Crippen molar-refractivity contribution in [3.05, 3.63) is 59.8 Å². The van der Waals surface area contributed by atoms with Crippen LogP contribution < -0.4 is 5.32 Å². The molecule has 22 heavy (non-hydrogen) atoms. The summed E-state index contributed by atoms with van der Waals surface area (Å²) in [5.74, 6) is 0.375. The Hall–Kier alpha value is -2.87. The van der Waals surface area contributed by atoms with E-state index in [0.717, 1.165) is 5.56 Å². The van der Waals surface area contributed by atoms with E-state index in [0.29, 0.717) is 17.8 Å². The van der Waals surface area contributed by atoms with Crippen LogP contribution in [0.2, 0.25) is 0 Å². The number of nitrogens with one attached hydrogen (secondary N) is 1. The zero-order valence-electron chi connectivity index (χ0n) is 12.7. The lowest BCUT2D eigenvalue weighted by atomic mass is 10.0. The molecule has 0 bridgehead atoms. The number of hydrogen-bond acceptors (Lipinski definition) is 4. The summed E-state index contributed by atoms with van der Waals surface area (Å²) in [6.45, 7) is 0. The molecule has 1 amide bonds. The highest BCUT2D eigenvalue weighted by molar-refractivity contribution is 5.84. The minimum atomic E-state index is -0.473. The zero-order chi connectivity index (χ0) is 15.9. The van der Waals surface area contributed by atoms with E-state index >= 15 is 0 Å². The van der Waals surface area contributed by atoms with Gasteiger partial charge in [-0.25, -0.2) is 4.98 Å². The van der Waals surface area contributed by atoms with E-state index < -0.39 is 6.04 Å². The van der Waals surface area contributed by atoms with Crippen molar-refractivity contribution < 1.29 is 4.79 Å². The Morgan fingerprint density at radius 3 is 2.64 bits per heavy atom. The molecule has 0 radical (unpaired) electrons. The molecule has 0 spiro atoms. The average Bonchev–Trinajstić information content (AvgIpc) is 2.55. The summed E-state index contributed by atoms with van der Waals surface area (Å²) in [5, 5.41) is 12.2. The highest BCUT2D eigenvalue weighted by atomic mass is 16.2. The lowest BCUT2D eigenvalue weighted by Gasteiger charge is -2.22. The molecule has 1 N–H and O–H groups in total. The van der Waals surface area contributed by atoms with Gasteiger partial charge >= 0.3 is 0 Å². The molecule has 1 aromatic carbocycles. The highest BCUT2D eigenvalue weighted by Gasteiger charge is 2.22. The first-order valence-corrected chi connectivity index (χ1v) is 6.98. The van der Waals surface area contributed by atoms with E-state index in [1.54, 1.807) is 32.4 Å². The topological polar surface area (TPSA) is 69.0 Å². The Labute approximate surface area is 130 Å². The van der Waals surface area contributed by atoms with E-state index in [2.05, 4.69) is 16.4 Å². The second-order valence-electron chi connectivity index (χ2n) is 5.13. The molecule has 1 heterocycles. The molecule has 1 atom stereocenters. The summed E-state index contributed by atoms with van der Waals surface area (Å²) in [7, 11) is 3.43. The molecule has 0 fully saturated rings. The van der Waals surface area contributed by atoms with Crippen molar-refractivity contribution in [2.75, 3.05) is 19.4 Å². The lowest BCUT2D eigenvalue weighted by molar-refractivity contribution is -0.129. The number of pyridine rings is 1. The molecule has 112 valence electrons. The molecule has 5 heteroatoms. The van der Waals surface area contributed by atoms with Gasteiger partial charge in [-0.1, -0.05) is 30.3 Å². The molecule has 2 rings (SSSR count). The van der Waals surface area contributed by atoms with Gasteiger partial charge in [-0.15, -0.1) is 0 Å². The minimum absolute atomic E-state index is 0.0570. The Balaban J connectivity index is 2.25. The fraction of sp³-hybridized carbons (Fsp3) is 0.235. The fourth-order valence-electron chi connectivity index (χ4n) is 2.14. The van der Waals surface area contributed by atoms with Crippen LogP contribution in [0.15, 0.2) is 48.7 Å². The van der Waals surface area contributed by atoms with Gasteiger partial charge in [-0.3, -0.25) is 4.79 Å². The van der Waals surface area contributed by atoms with Crippen LogP contribution in [0.4, 0.5) is 5.82 Å². The van der Waals surface area contributed by atoms with E-state index in [-0.39, 0.29) is 5.91 Å². The Morgan fingerprint density at radius 1 is 1.27 bits per heavy atom. The number of hydrogen-bond donors (Lipinski definition) is 1. The molecular weight excluding hydrogens is 276 g/mol. The number of carbonyl (C=O) groups excluding carboxylic acids is 1. The van der Waals surface area contributed by atoms with Crippen LogP contribution in [0, 0.1) is 11.3 Å². The minimum Gasteiger partial charge on any atom is -0.357 e. The average molecular weight is 294 g/mol. The molecule has 0 saturated carbocycles. The Kier molecular flexibility index (Phi) is 5.10.